The maximum absolute atomic E-state index is 11.6. The van der Waals surface area contributed by atoms with Crippen LogP contribution in [-0.2, 0) is 4.79 Å². The Morgan fingerprint density at radius 2 is 1.93 bits per heavy atom. The van der Waals surface area contributed by atoms with E-state index < -0.39 is 5.41 Å². The SMILES string of the molecule is CC(C)(C#N)C(=O)NN1CCCCC1. The Morgan fingerprint density at radius 1 is 1.36 bits per heavy atom. The van der Waals surface area contributed by atoms with Crippen LogP contribution in [0, 0.1) is 16.7 Å². The van der Waals surface area contributed by atoms with Gasteiger partial charge in [0.15, 0.2) is 0 Å². The molecule has 0 aromatic heterocycles. The number of hydrogen-bond donors (Lipinski definition) is 1. The predicted octanol–water partition coefficient (Wildman–Crippen LogP) is 1.05. The van der Waals surface area contributed by atoms with Crippen molar-refractivity contribution in [3.8, 4) is 6.07 Å². The Balaban J connectivity index is 2.44. The van der Waals surface area contributed by atoms with Crippen LogP contribution in [0.15, 0.2) is 0 Å². The van der Waals surface area contributed by atoms with Crippen molar-refractivity contribution < 1.29 is 4.79 Å². The largest absolute Gasteiger partial charge is 0.288 e. The molecule has 14 heavy (non-hydrogen) atoms. The highest BCUT2D eigenvalue weighted by Crippen LogP contribution is 2.14. The first-order valence-corrected chi connectivity index (χ1v) is 5.03. The van der Waals surface area contributed by atoms with Crippen molar-refractivity contribution in [2.45, 2.75) is 33.1 Å². The molecular weight excluding hydrogens is 178 g/mol. The summed E-state index contributed by atoms with van der Waals surface area (Å²) in [5.41, 5.74) is 1.85. The summed E-state index contributed by atoms with van der Waals surface area (Å²) in [6, 6.07) is 1.99. The zero-order valence-electron chi connectivity index (χ0n) is 8.84. The van der Waals surface area contributed by atoms with Crippen LogP contribution in [0.4, 0.5) is 0 Å². The molecule has 4 nitrogen and oxygen atoms in total. The minimum Gasteiger partial charge on any atom is -0.288 e. The van der Waals surface area contributed by atoms with E-state index in [-0.39, 0.29) is 5.91 Å². The second-order valence-electron chi connectivity index (χ2n) is 4.23. The molecule has 1 fully saturated rings. The number of nitriles is 1. The van der Waals surface area contributed by atoms with Crippen LogP contribution >= 0.6 is 0 Å². The molecule has 1 N–H and O–H groups in total. The highest BCUT2D eigenvalue weighted by molar-refractivity contribution is 5.84. The maximum atomic E-state index is 11.6. The summed E-state index contributed by atoms with van der Waals surface area (Å²) in [5.74, 6) is -0.207. The lowest BCUT2D eigenvalue weighted by molar-refractivity contribution is -0.132. The van der Waals surface area contributed by atoms with Crippen molar-refractivity contribution in [2.75, 3.05) is 13.1 Å². The third-order valence-electron chi connectivity index (χ3n) is 2.46. The van der Waals surface area contributed by atoms with Gasteiger partial charge in [-0.25, -0.2) is 5.01 Å². The molecule has 0 spiro atoms. The molecule has 0 saturated carbocycles. The molecule has 1 heterocycles. The molecule has 0 aliphatic carbocycles. The van der Waals surface area contributed by atoms with E-state index in [9.17, 15) is 4.79 Å². The molecule has 1 aliphatic heterocycles. The van der Waals surface area contributed by atoms with E-state index in [0.717, 1.165) is 25.9 Å². The minimum absolute atomic E-state index is 0.207. The standard InChI is InChI=1S/C10H17N3O/c1-10(2,8-11)9(14)12-13-6-4-3-5-7-13/h3-7H2,1-2H3,(H,12,14). The van der Waals surface area contributed by atoms with E-state index in [1.54, 1.807) is 13.8 Å². The summed E-state index contributed by atoms with van der Waals surface area (Å²) in [6.07, 6.45) is 3.47. The van der Waals surface area contributed by atoms with Gasteiger partial charge in [0.25, 0.3) is 5.91 Å². The van der Waals surface area contributed by atoms with E-state index in [1.807, 2.05) is 11.1 Å². The van der Waals surface area contributed by atoms with Crippen LogP contribution in [0.25, 0.3) is 0 Å². The zero-order valence-corrected chi connectivity index (χ0v) is 8.84. The second kappa shape index (κ2) is 4.43. The summed E-state index contributed by atoms with van der Waals surface area (Å²) in [7, 11) is 0. The van der Waals surface area contributed by atoms with Crippen molar-refractivity contribution in [2.24, 2.45) is 5.41 Å². The monoisotopic (exact) mass is 195 g/mol. The van der Waals surface area contributed by atoms with Crippen LogP contribution in [0.3, 0.4) is 0 Å². The number of nitrogens with one attached hydrogen (secondary N) is 1. The van der Waals surface area contributed by atoms with Crippen molar-refractivity contribution in [3.63, 3.8) is 0 Å². The van der Waals surface area contributed by atoms with Crippen LogP contribution in [0.5, 0.6) is 0 Å². The van der Waals surface area contributed by atoms with Gasteiger partial charge in [0.2, 0.25) is 0 Å². The van der Waals surface area contributed by atoms with E-state index in [1.165, 1.54) is 6.42 Å². The highest BCUT2D eigenvalue weighted by Gasteiger charge is 2.28. The second-order valence-corrected chi connectivity index (χ2v) is 4.23. The van der Waals surface area contributed by atoms with E-state index in [4.69, 9.17) is 5.26 Å². The van der Waals surface area contributed by atoms with Gasteiger partial charge in [-0.3, -0.25) is 10.2 Å². The number of carbonyl (C=O) groups is 1. The van der Waals surface area contributed by atoms with Gasteiger partial charge in [-0.15, -0.1) is 0 Å². The summed E-state index contributed by atoms with van der Waals surface area (Å²) >= 11 is 0. The van der Waals surface area contributed by atoms with Gasteiger partial charge in [-0.05, 0) is 26.7 Å². The van der Waals surface area contributed by atoms with Crippen molar-refractivity contribution in [1.82, 2.24) is 10.4 Å². The first-order valence-electron chi connectivity index (χ1n) is 5.03. The molecular formula is C10H17N3O. The zero-order chi connectivity index (χ0) is 10.6. The fourth-order valence-corrected chi connectivity index (χ4v) is 1.34. The van der Waals surface area contributed by atoms with E-state index in [0.29, 0.717) is 0 Å². The Morgan fingerprint density at radius 3 is 2.43 bits per heavy atom. The number of hydrogen-bond acceptors (Lipinski definition) is 3. The lowest BCUT2D eigenvalue weighted by Crippen LogP contribution is -2.49. The number of carbonyl (C=O) groups excluding carboxylic acids is 1. The molecule has 1 saturated heterocycles. The van der Waals surface area contributed by atoms with Gasteiger partial charge in [0.05, 0.1) is 6.07 Å². The average Bonchev–Trinajstić information content (AvgIpc) is 2.19. The molecule has 1 aliphatic rings. The van der Waals surface area contributed by atoms with Gasteiger partial charge in [0, 0.05) is 13.1 Å². The fourth-order valence-electron chi connectivity index (χ4n) is 1.34. The number of nitrogens with zero attached hydrogens (tertiary/aromatic N) is 2. The Bertz CT molecular complexity index is 249. The Labute approximate surface area is 84.9 Å². The summed E-state index contributed by atoms with van der Waals surface area (Å²) < 4.78 is 0. The van der Waals surface area contributed by atoms with Gasteiger partial charge in [-0.2, -0.15) is 5.26 Å². The third kappa shape index (κ3) is 2.71. The molecule has 1 amide bonds. The van der Waals surface area contributed by atoms with Crippen LogP contribution in [0.2, 0.25) is 0 Å². The Hall–Kier alpha value is -1.08. The van der Waals surface area contributed by atoms with Crippen LogP contribution in [-0.4, -0.2) is 24.0 Å². The molecule has 0 bridgehead atoms. The third-order valence-corrected chi connectivity index (χ3v) is 2.46. The number of rotatable bonds is 2. The number of piperidine rings is 1. The van der Waals surface area contributed by atoms with Crippen molar-refractivity contribution >= 4 is 5.91 Å². The van der Waals surface area contributed by atoms with Crippen LogP contribution in [0.1, 0.15) is 33.1 Å². The van der Waals surface area contributed by atoms with Crippen molar-refractivity contribution in [1.29, 1.82) is 5.26 Å². The molecule has 78 valence electrons. The first-order chi connectivity index (χ1) is 6.56. The predicted molar refractivity (Wildman–Crippen MR) is 53.0 cm³/mol. The summed E-state index contributed by atoms with van der Waals surface area (Å²) in [6.45, 7) is 5.05. The molecule has 0 aromatic rings. The lowest BCUT2D eigenvalue weighted by Gasteiger charge is -2.29. The van der Waals surface area contributed by atoms with Gasteiger partial charge < -0.3 is 0 Å². The van der Waals surface area contributed by atoms with Crippen LogP contribution < -0.4 is 5.43 Å². The normalized spacial score (nSPS) is 18.6. The molecule has 4 heteroatoms. The first kappa shape index (κ1) is 11.0. The van der Waals surface area contributed by atoms with E-state index >= 15 is 0 Å². The maximum Gasteiger partial charge on any atom is 0.254 e. The molecule has 0 aromatic carbocycles. The summed E-state index contributed by atoms with van der Waals surface area (Å²) in [4.78, 5) is 11.6. The topological polar surface area (TPSA) is 56.1 Å². The van der Waals surface area contributed by atoms with Gasteiger partial charge in [0.1, 0.15) is 5.41 Å². The highest BCUT2D eigenvalue weighted by atomic mass is 16.2. The fraction of sp³-hybridized carbons (Fsp3) is 0.800. The summed E-state index contributed by atoms with van der Waals surface area (Å²) in [5, 5.41) is 10.7. The molecule has 1 rings (SSSR count). The molecule has 0 radical (unpaired) electrons. The minimum atomic E-state index is -0.933. The molecule has 0 atom stereocenters. The van der Waals surface area contributed by atoms with E-state index in [2.05, 4.69) is 5.43 Å². The quantitative estimate of drug-likeness (QED) is 0.716. The Kier molecular flexibility index (Phi) is 3.48. The average molecular weight is 195 g/mol. The van der Waals surface area contributed by atoms with Gasteiger partial charge in [-0.1, -0.05) is 6.42 Å². The smallest absolute Gasteiger partial charge is 0.254 e. The van der Waals surface area contributed by atoms with Crippen molar-refractivity contribution in [3.05, 3.63) is 0 Å². The molecule has 0 unspecified atom stereocenters. The van der Waals surface area contributed by atoms with Gasteiger partial charge >= 0.3 is 0 Å². The lowest BCUT2D eigenvalue weighted by atomic mass is 9.95. The number of hydrazine groups is 1. The number of amides is 1.